The van der Waals surface area contributed by atoms with Crippen LogP contribution in [0.3, 0.4) is 0 Å². The van der Waals surface area contributed by atoms with Gasteiger partial charge in [0.2, 0.25) is 0 Å². The van der Waals surface area contributed by atoms with Gasteiger partial charge in [-0.25, -0.2) is 13.0 Å². The van der Waals surface area contributed by atoms with E-state index in [0.29, 0.717) is 31.5 Å². The summed E-state index contributed by atoms with van der Waals surface area (Å²) in [5.74, 6) is -0.387. The maximum absolute atomic E-state index is 12.2. The summed E-state index contributed by atoms with van der Waals surface area (Å²) in [4.78, 5) is 12.2. The minimum Gasteiger partial charge on any atom is -0.748 e. The predicted molar refractivity (Wildman–Crippen MR) is 133 cm³/mol. The Morgan fingerprint density at radius 3 is 1.76 bits per heavy atom. The third-order valence-electron chi connectivity index (χ3n) is 6.03. The number of carbonyl (C=O) groups is 1. The Bertz CT molecular complexity index is 720. The molecule has 33 heavy (non-hydrogen) atoms. The van der Waals surface area contributed by atoms with Crippen molar-refractivity contribution in [1.29, 1.82) is 0 Å². The summed E-state index contributed by atoms with van der Waals surface area (Å²) in [5.41, 5.74) is 0.624. The molecule has 0 radical (unpaired) electrons. The zero-order chi connectivity index (χ0) is 24.2. The molecule has 1 aromatic rings. The summed E-state index contributed by atoms with van der Waals surface area (Å²) in [7, 11) is -4.13. The van der Waals surface area contributed by atoms with Crippen LogP contribution in [-0.2, 0) is 16.7 Å². The van der Waals surface area contributed by atoms with E-state index in [9.17, 15) is 17.8 Å². The lowest BCUT2D eigenvalue weighted by Gasteiger charge is -2.06. The van der Waals surface area contributed by atoms with Crippen LogP contribution in [0.2, 0.25) is 0 Å². The summed E-state index contributed by atoms with van der Waals surface area (Å²) < 4.78 is 33.7. The molecule has 7 heteroatoms. The molecule has 0 atom stereocenters. The first-order valence-electron chi connectivity index (χ1n) is 13.1. The van der Waals surface area contributed by atoms with Crippen molar-refractivity contribution in [1.82, 2.24) is 5.32 Å². The first kappa shape index (κ1) is 29.6. The van der Waals surface area contributed by atoms with E-state index < -0.39 is 10.1 Å². The van der Waals surface area contributed by atoms with Crippen molar-refractivity contribution in [3.05, 3.63) is 30.1 Å². The third kappa shape index (κ3) is 17.6. The van der Waals surface area contributed by atoms with Crippen LogP contribution in [-0.4, -0.2) is 31.2 Å². The highest BCUT2D eigenvalue weighted by Crippen LogP contribution is 2.12. The second-order valence-electron chi connectivity index (χ2n) is 9.15. The highest BCUT2D eigenvalue weighted by Gasteiger charge is 2.08. The van der Waals surface area contributed by atoms with Crippen LogP contribution in [0.4, 0.5) is 0 Å². The lowest BCUT2D eigenvalue weighted by atomic mass is 10.0. The molecule has 0 aliphatic carbocycles. The van der Waals surface area contributed by atoms with Crippen LogP contribution >= 0.6 is 0 Å². The average molecular weight is 483 g/mol. The summed E-state index contributed by atoms with van der Waals surface area (Å²) in [6.07, 6.45) is 23.1. The van der Waals surface area contributed by atoms with Gasteiger partial charge in [0.25, 0.3) is 5.91 Å². The largest absolute Gasteiger partial charge is 0.748 e. The van der Waals surface area contributed by atoms with Gasteiger partial charge in [0.1, 0.15) is 6.54 Å². The predicted octanol–water partition coefficient (Wildman–Crippen LogP) is 5.51. The highest BCUT2D eigenvalue weighted by molar-refractivity contribution is 7.85. The molecule has 1 N–H and O–H groups in total. The second kappa shape index (κ2) is 18.9. The molecule has 1 heterocycles. The number of nitrogens with one attached hydrogen (secondary N) is 1. The first-order valence-corrected chi connectivity index (χ1v) is 14.7. The Morgan fingerprint density at radius 1 is 0.788 bits per heavy atom. The van der Waals surface area contributed by atoms with E-state index in [4.69, 9.17) is 0 Å². The van der Waals surface area contributed by atoms with Crippen LogP contribution in [0.15, 0.2) is 24.5 Å². The Morgan fingerprint density at radius 2 is 1.27 bits per heavy atom. The normalized spacial score (nSPS) is 11.6. The van der Waals surface area contributed by atoms with Gasteiger partial charge < -0.3 is 9.87 Å². The molecule has 1 aromatic heterocycles. The van der Waals surface area contributed by atoms with E-state index in [1.54, 1.807) is 12.1 Å². The molecule has 190 valence electrons. The molecule has 0 saturated carbocycles. The van der Waals surface area contributed by atoms with Crippen LogP contribution in [0.1, 0.15) is 120 Å². The standard InChI is InChI=1S/C26H46N2O4S/c1-2-3-4-5-6-7-8-9-10-11-12-13-14-15-20-27-26(29)25-18-22-28(23-19-25)21-16-17-24-33(30,31)32/h18-19,22-23H,2-17,20-21,24H2,1H3,(H-,27,29,30,31,32). The molecule has 0 spiro atoms. The molecule has 0 fully saturated rings. The number of hydrogen-bond acceptors (Lipinski definition) is 4. The number of nitrogens with zero attached hydrogens (tertiary/aromatic N) is 1. The number of aryl methyl sites for hydroxylation is 1. The number of unbranched alkanes of at least 4 members (excludes halogenated alkanes) is 14. The van der Waals surface area contributed by atoms with Crippen molar-refractivity contribution in [3.63, 3.8) is 0 Å². The molecule has 0 aliphatic rings. The topological polar surface area (TPSA) is 90.2 Å². The number of amides is 1. The Balaban J connectivity index is 1.97. The average Bonchev–Trinajstić information content (AvgIpc) is 2.79. The van der Waals surface area contributed by atoms with Gasteiger partial charge >= 0.3 is 0 Å². The van der Waals surface area contributed by atoms with E-state index >= 15 is 0 Å². The molecular weight excluding hydrogens is 436 g/mol. The summed E-state index contributed by atoms with van der Waals surface area (Å²) in [5, 5.41) is 2.98. The molecule has 1 amide bonds. The van der Waals surface area contributed by atoms with Crippen LogP contribution < -0.4 is 9.88 Å². The minimum absolute atomic E-state index is 0.0608. The maximum atomic E-state index is 12.2. The van der Waals surface area contributed by atoms with E-state index in [2.05, 4.69) is 12.2 Å². The Kier molecular flexibility index (Phi) is 16.9. The maximum Gasteiger partial charge on any atom is 0.251 e. The Labute approximate surface area is 202 Å². The van der Waals surface area contributed by atoms with Crippen molar-refractivity contribution in [2.45, 2.75) is 116 Å². The SMILES string of the molecule is CCCCCCCCCCCCCCCCNC(=O)c1cc[n+](CCCCS(=O)(=O)[O-])cc1. The van der Waals surface area contributed by atoms with E-state index in [0.717, 1.165) is 12.8 Å². The van der Waals surface area contributed by atoms with Gasteiger partial charge in [-0.05, 0) is 12.8 Å². The van der Waals surface area contributed by atoms with E-state index in [-0.39, 0.29) is 11.7 Å². The number of pyridine rings is 1. The lowest BCUT2D eigenvalue weighted by Crippen LogP contribution is -2.34. The van der Waals surface area contributed by atoms with Crippen molar-refractivity contribution < 1.29 is 22.3 Å². The molecule has 0 unspecified atom stereocenters. The fourth-order valence-electron chi connectivity index (χ4n) is 3.95. The van der Waals surface area contributed by atoms with Crippen molar-refractivity contribution in [3.8, 4) is 0 Å². The van der Waals surface area contributed by atoms with Gasteiger partial charge in [0.15, 0.2) is 12.4 Å². The van der Waals surface area contributed by atoms with Crippen molar-refractivity contribution >= 4 is 16.0 Å². The lowest BCUT2D eigenvalue weighted by molar-refractivity contribution is -0.697. The third-order valence-corrected chi connectivity index (χ3v) is 6.82. The van der Waals surface area contributed by atoms with Gasteiger partial charge in [-0.15, -0.1) is 0 Å². The molecular formula is C26H46N2O4S. The summed E-state index contributed by atoms with van der Waals surface area (Å²) in [6, 6.07) is 3.54. The van der Waals surface area contributed by atoms with Gasteiger partial charge in [0, 0.05) is 30.9 Å². The zero-order valence-electron chi connectivity index (χ0n) is 20.7. The number of hydrogen-bond donors (Lipinski definition) is 1. The van der Waals surface area contributed by atoms with E-state index in [1.807, 2.05) is 17.0 Å². The van der Waals surface area contributed by atoms with Crippen LogP contribution in [0.25, 0.3) is 0 Å². The van der Waals surface area contributed by atoms with Crippen molar-refractivity contribution in [2.24, 2.45) is 0 Å². The molecule has 0 aliphatic heterocycles. The number of aromatic nitrogens is 1. The second-order valence-corrected chi connectivity index (χ2v) is 10.7. The minimum atomic E-state index is -4.13. The fourth-order valence-corrected chi connectivity index (χ4v) is 4.51. The van der Waals surface area contributed by atoms with E-state index in [1.165, 1.54) is 77.0 Å². The quantitative estimate of drug-likeness (QED) is 0.142. The molecule has 1 rings (SSSR count). The summed E-state index contributed by atoms with van der Waals surface area (Å²) >= 11 is 0. The zero-order valence-corrected chi connectivity index (χ0v) is 21.5. The molecule has 6 nitrogen and oxygen atoms in total. The first-order chi connectivity index (χ1) is 15.9. The van der Waals surface area contributed by atoms with Crippen LogP contribution in [0.5, 0.6) is 0 Å². The van der Waals surface area contributed by atoms with Gasteiger partial charge in [0.05, 0.1) is 15.7 Å². The Hall–Kier alpha value is -1.47. The highest BCUT2D eigenvalue weighted by atomic mass is 32.2. The molecule has 0 bridgehead atoms. The smallest absolute Gasteiger partial charge is 0.251 e. The monoisotopic (exact) mass is 482 g/mol. The molecule has 0 aromatic carbocycles. The van der Waals surface area contributed by atoms with Gasteiger partial charge in [-0.1, -0.05) is 90.4 Å². The van der Waals surface area contributed by atoms with Gasteiger partial charge in [-0.3, -0.25) is 4.79 Å². The summed E-state index contributed by atoms with van der Waals surface area (Å²) in [6.45, 7) is 3.59. The number of carbonyl (C=O) groups excluding carboxylic acids is 1. The van der Waals surface area contributed by atoms with Crippen LogP contribution in [0, 0.1) is 0 Å². The van der Waals surface area contributed by atoms with Gasteiger partial charge in [-0.2, -0.15) is 0 Å². The molecule has 0 saturated heterocycles. The van der Waals surface area contributed by atoms with Crippen molar-refractivity contribution in [2.75, 3.05) is 12.3 Å². The fraction of sp³-hybridized carbons (Fsp3) is 0.769. The number of rotatable bonds is 21.